The lowest BCUT2D eigenvalue weighted by Crippen LogP contribution is -2.08. The van der Waals surface area contributed by atoms with Crippen LogP contribution in [0.5, 0.6) is 0 Å². The van der Waals surface area contributed by atoms with Crippen molar-refractivity contribution in [3.63, 3.8) is 0 Å². The lowest BCUT2D eigenvalue weighted by Gasteiger charge is -2.07. The highest BCUT2D eigenvalue weighted by atomic mass is 32.1. The molecule has 0 amide bonds. The summed E-state index contributed by atoms with van der Waals surface area (Å²) in [5, 5.41) is 10.9. The second-order valence-corrected chi connectivity index (χ2v) is 7.66. The van der Waals surface area contributed by atoms with Crippen LogP contribution in [0.3, 0.4) is 0 Å². The summed E-state index contributed by atoms with van der Waals surface area (Å²) in [5.41, 5.74) is 2.48. The normalized spacial score (nSPS) is 11.5. The van der Waals surface area contributed by atoms with E-state index in [1.807, 2.05) is 45.3 Å². The summed E-state index contributed by atoms with van der Waals surface area (Å²) in [6.07, 6.45) is 0. The predicted molar refractivity (Wildman–Crippen MR) is 104 cm³/mol. The number of esters is 1. The van der Waals surface area contributed by atoms with Gasteiger partial charge in [-0.1, -0.05) is 25.1 Å². The summed E-state index contributed by atoms with van der Waals surface area (Å²) in [7, 11) is 1.81. The maximum atomic E-state index is 12.9. The van der Waals surface area contributed by atoms with Gasteiger partial charge in [0.05, 0.1) is 27.2 Å². The molecule has 0 aliphatic rings. The molecule has 0 fully saturated rings. The Kier molecular flexibility index (Phi) is 4.68. The second kappa shape index (κ2) is 7.16. The van der Waals surface area contributed by atoms with E-state index < -0.39 is 5.97 Å². The van der Waals surface area contributed by atoms with Crippen LogP contribution in [0.15, 0.2) is 28.1 Å². The van der Waals surface area contributed by atoms with Gasteiger partial charge in [0.15, 0.2) is 18.1 Å². The molecule has 0 unspecified atom stereocenters. The van der Waals surface area contributed by atoms with E-state index in [1.165, 1.54) is 0 Å². The van der Waals surface area contributed by atoms with Crippen molar-refractivity contribution < 1.29 is 14.1 Å². The van der Waals surface area contributed by atoms with Crippen molar-refractivity contribution in [1.29, 1.82) is 0 Å². The van der Waals surface area contributed by atoms with Gasteiger partial charge in [-0.05, 0) is 24.4 Å². The number of thiophene rings is 1. The van der Waals surface area contributed by atoms with E-state index >= 15 is 0 Å². The van der Waals surface area contributed by atoms with Gasteiger partial charge in [-0.15, -0.1) is 11.3 Å². The number of aryl methyl sites for hydroxylation is 2. The minimum Gasteiger partial charge on any atom is -0.452 e. The first kappa shape index (κ1) is 18.3. The Hall–Kier alpha value is -3.07. The van der Waals surface area contributed by atoms with Crippen molar-refractivity contribution in [2.75, 3.05) is 0 Å². The number of rotatable bonds is 5. The minimum absolute atomic E-state index is 0.0873. The van der Waals surface area contributed by atoms with Crippen molar-refractivity contribution in [3.8, 4) is 10.6 Å². The Morgan fingerprint density at radius 3 is 2.86 bits per heavy atom. The van der Waals surface area contributed by atoms with E-state index in [9.17, 15) is 4.79 Å². The SMILES string of the molecule is Cc1nn(C)c2nc(-c3cccs3)cc(C(=O)OCc3nc(C(C)C)no3)c12. The van der Waals surface area contributed by atoms with Crippen molar-refractivity contribution in [2.24, 2.45) is 7.05 Å². The fourth-order valence-corrected chi connectivity index (χ4v) is 3.61. The third-order valence-corrected chi connectivity index (χ3v) is 5.18. The number of ether oxygens (including phenoxy) is 1. The summed E-state index contributed by atoms with van der Waals surface area (Å²) in [5.74, 6) is 0.509. The Labute approximate surface area is 165 Å². The van der Waals surface area contributed by atoms with Gasteiger partial charge < -0.3 is 9.26 Å². The number of hydrogen-bond acceptors (Lipinski definition) is 8. The second-order valence-electron chi connectivity index (χ2n) is 6.72. The fraction of sp³-hybridized carbons (Fsp3) is 0.316. The molecule has 0 saturated heterocycles. The van der Waals surface area contributed by atoms with Crippen LogP contribution in [0.25, 0.3) is 21.6 Å². The highest BCUT2D eigenvalue weighted by Gasteiger charge is 2.21. The van der Waals surface area contributed by atoms with Gasteiger partial charge in [-0.25, -0.2) is 9.78 Å². The molecule has 28 heavy (non-hydrogen) atoms. The zero-order chi connectivity index (χ0) is 19.8. The number of fused-ring (bicyclic) bond motifs is 1. The van der Waals surface area contributed by atoms with Crippen LogP contribution in [-0.4, -0.2) is 30.9 Å². The van der Waals surface area contributed by atoms with Gasteiger partial charge in [0, 0.05) is 13.0 Å². The first-order valence-electron chi connectivity index (χ1n) is 8.82. The Balaban J connectivity index is 1.68. The number of carbonyl (C=O) groups excluding carboxylic acids is 1. The molecule has 0 N–H and O–H groups in total. The van der Waals surface area contributed by atoms with Crippen molar-refractivity contribution in [1.82, 2.24) is 24.9 Å². The zero-order valence-electron chi connectivity index (χ0n) is 16.0. The molecule has 144 valence electrons. The molecule has 0 aliphatic carbocycles. The number of carbonyl (C=O) groups is 1. The quantitative estimate of drug-likeness (QED) is 0.472. The molecule has 8 nitrogen and oxygen atoms in total. The van der Waals surface area contributed by atoms with Crippen LogP contribution < -0.4 is 0 Å². The van der Waals surface area contributed by atoms with Crippen molar-refractivity contribution in [3.05, 3.63) is 46.6 Å². The van der Waals surface area contributed by atoms with Crippen LogP contribution in [0, 0.1) is 6.92 Å². The van der Waals surface area contributed by atoms with Crippen LogP contribution in [0.2, 0.25) is 0 Å². The Bertz CT molecular complexity index is 1140. The van der Waals surface area contributed by atoms with Crippen LogP contribution in [0.1, 0.15) is 47.5 Å². The maximum Gasteiger partial charge on any atom is 0.339 e. The average molecular weight is 397 g/mol. The van der Waals surface area contributed by atoms with E-state index in [2.05, 4.69) is 20.2 Å². The van der Waals surface area contributed by atoms with Crippen molar-refractivity contribution in [2.45, 2.75) is 33.3 Å². The standard InChI is InChI=1S/C19H19N5O3S/c1-10(2)17-21-15(27-23-17)9-26-19(25)12-8-13(14-6-5-7-28-14)20-18-16(12)11(3)22-24(18)4/h5-8,10H,9H2,1-4H3. The first-order valence-corrected chi connectivity index (χ1v) is 9.70. The highest BCUT2D eigenvalue weighted by Crippen LogP contribution is 2.29. The van der Waals surface area contributed by atoms with Crippen LogP contribution in [-0.2, 0) is 18.4 Å². The summed E-state index contributed by atoms with van der Waals surface area (Å²) in [6, 6.07) is 5.65. The molecule has 0 aromatic carbocycles. The molecule has 4 rings (SSSR count). The third kappa shape index (κ3) is 3.29. The summed E-state index contributed by atoms with van der Waals surface area (Å²) in [6.45, 7) is 5.69. The van der Waals surface area contributed by atoms with Gasteiger partial charge in [-0.3, -0.25) is 4.68 Å². The maximum absolute atomic E-state index is 12.9. The summed E-state index contributed by atoms with van der Waals surface area (Å²) >= 11 is 1.56. The van der Waals surface area contributed by atoms with E-state index in [-0.39, 0.29) is 18.4 Å². The van der Waals surface area contributed by atoms with Gasteiger partial charge in [0.1, 0.15) is 0 Å². The Morgan fingerprint density at radius 1 is 1.36 bits per heavy atom. The van der Waals surface area contributed by atoms with E-state index in [1.54, 1.807) is 22.1 Å². The van der Waals surface area contributed by atoms with Gasteiger partial charge in [-0.2, -0.15) is 10.1 Å². The molecule has 4 aromatic heterocycles. The molecule has 9 heteroatoms. The third-order valence-electron chi connectivity index (χ3n) is 4.29. The number of aromatic nitrogens is 5. The molecule has 0 atom stereocenters. The van der Waals surface area contributed by atoms with Crippen LogP contribution >= 0.6 is 11.3 Å². The van der Waals surface area contributed by atoms with E-state index in [0.717, 1.165) is 10.6 Å². The number of hydrogen-bond donors (Lipinski definition) is 0. The van der Waals surface area contributed by atoms with Gasteiger partial charge >= 0.3 is 5.97 Å². The molecule has 0 radical (unpaired) electrons. The first-order chi connectivity index (χ1) is 13.4. The monoisotopic (exact) mass is 397 g/mol. The van der Waals surface area contributed by atoms with E-state index in [0.29, 0.717) is 28.1 Å². The lowest BCUT2D eigenvalue weighted by molar-refractivity contribution is 0.0432. The molecule has 0 saturated carbocycles. The summed E-state index contributed by atoms with van der Waals surface area (Å²) in [4.78, 5) is 22.8. The lowest BCUT2D eigenvalue weighted by atomic mass is 10.1. The molecular weight excluding hydrogens is 378 g/mol. The zero-order valence-corrected chi connectivity index (χ0v) is 16.8. The number of pyridine rings is 1. The topological polar surface area (TPSA) is 95.9 Å². The molecular formula is C19H19N5O3S. The summed E-state index contributed by atoms with van der Waals surface area (Å²) < 4.78 is 12.3. The minimum atomic E-state index is -0.481. The number of nitrogens with zero attached hydrogens (tertiary/aromatic N) is 5. The average Bonchev–Trinajstić information content (AvgIpc) is 3.40. The Morgan fingerprint density at radius 2 is 2.18 bits per heavy atom. The van der Waals surface area contributed by atoms with Gasteiger partial charge in [0.2, 0.25) is 0 Å². The molecule has 0 aliphatic heterocycles. The molecule has 4 aromatic rings. The molecule has 4 heterocycles. The van der Waals surface area contributed by atoms with Crippen LogP contribution in [0.4, 0.5) is 0 Å². The largest absolute Gasteiger partial charge is 0.452 e. The molecule has 0 spiro atoms. The smallest absolute Gasteiger partial charge is 0.339 e. The highest BCUT2D eigenvalue weighted by molar-refractivity contribution is 7.13. The van der Waals surface area contributed by atoms with Gasteiger partial charge in [0.25, 0.3) is 5.89 Å². The molecule has 0 bridgehead atoms. The van der Waals surface area contributed by atoms with Crippen molar-refractivity contribution >= 4 is 28.3 Å². The van der Waals surface area contributed by atoms with E-state index in [4.69, 9.17) is 9.26 Å². The fourth-order valence-electron chi connectivity index (χ4n) is 2.92. The predicted octanol–water partition coefficient (Wildman–Crippen LogP) is 3.87.